The second kappa shape index (κ2) is 4.60. The van der Waals surface area contributed by atoms with Crippen LogP contribution in [0.1, 0.15) is 5.56 Å². The van der Waals surface area contributed by atoms with Crippen LogP contribution in [0.15, 0.2) is 47.4 Å². The first kappa shape index (κ1) is 12.4. The van der Waals surface area contributed by atoms with E-state index in [1.807, 2.05) is 24.3 Å². The molecule has 1 aromatic carbocycles. The third-order valence-corrected chi connectivity index (χ3v) is 3.91. The Kier molecular flexibility index (Phi) is 2.72. The Morgan fingerprint density at radius 3 is 2.81 bits per heavy atom. The van der Waals surface area contributed by atoms with Gasteiger partial charge in [-0.3, -0.25) is 9.36 Å². The number of rotatable bonds is 1. The lowest BCUT2D eigenvalue weighted by Crippen LogP contribution is -2.22. The van der Waals surface area contributed by atoms with E-state index in [-0.39, 0.29) is 5.56 Å². The molecule has 0 amide bonds. The van der Waals surface area contributed by atoms with Gasteiger partial charge in [0.15, 0.2) is 5.65 Å². The van der Waals surface area contributed by atoms with E-state index >= 15 is 0 Å². The van der Waals surface area contributed by atoms with Gasteiger partial charge >= 0.3 is 0 Å². The fraction of sp³-hybridized carbons (Fsp3) is 0.125. The summed E-state index contributed by atoms with van der Waals surface area (Å²) in [5, 5.41) is 1.49. The lowest BCUT2D eigenvalue weighted by Gasteiger charge is -2.12. The molecule has 4 nitrogen and oxygen atoms in total. The van der Waals surface area contributed by atoms with Crippen molar-refractivity contribution in [3.63, 3.8) is 0 Å². The Hall–Kier alpha value is -2.33. The lowest BCUT2D eigenvalue weighted by atomic mass is 10.1. The van der Waals surface area contributed by atoms with Crippen LogP contribution >= 0.6 is 11.6 Å². The molecule has 3 aromatic rings. The molecule has 5 heteroatoms. The van der Waals surface area contributed by atoms with E-state index < -0.39 is 0 Å². The molecule has 104 valence electrons. The topological polar surface area (TPSA) is 44.1 Å². The predicted molar refractivity (Wildman–Crippen MR) is 81.5 cm³/mol. The Balaban J connectivity index is 2.14. The maximum atomic E-state index is 12.8. The zero-order chi connectivity index (χ0) is 14.4. The second-order valence-electron chi connectivity index (χ2n) is 4.90. The largest absolute Gasteiger partial charge is 0.492 e. The van der Waals surface area contributed by atoms with Gasteiger partial charge in [0.1, 0.15) is 5.75 Å². The summed E-state index contributed by atoms with van der Waals surface area (Å²) >= 11 is 5.93. The summed E-state index contributed by atoms with van der Waals surface area (Å²) in [5.41, 5.74) is 2.00. The minimum atomic E-state index is -0.0731. The van der Waals surface area contributed by atoms with Crippen LogP contribution in [0, 0.1) is 0 Å². The van der Waals surface area contributed by atoms with E-state index in [2.05, 4.69) is 4.98 Å². The van der Waals surface area contributed by atoms with E-state index in [9.17, 15) is 4.79 Å². The average molecular weight is 299 g/mol. The standard InChI is InChI=1S/C16H11ClN2O2/c17-10-3-5-11(6-4-10)19-15-12(2-1-8-18-15)14-13(16(19)20)7-9-21-14/h1-6,8H,7,9H2. The van der Waals surface area contributed by atoms with E-state index in [0.29, 0.717) is 35.0 Å². The molecule has 0 saturated heterocycles. The maximum Gasteiger partial charge on any atom is 0.263 e. The van der Waals surface area contributed by atoms with Crippen molar-refractivity contribution >= 4 is 22.6 Å². The summed E-state index contributed by atoms with van der Waals surface area (Å²) in [7, 11) is 0. The molecular weight excluding hydrogens is 288 g/mol. The molecule has 0 atom stereocenters. The van der Waals surface area contributed by atoms with Gasteiger partial charge in [-0.1, -0.05) is 11.6 Å². The number of aromatic nitrogens is 2. The van der Waals surface area contributed by atoms with Gasteiger partial charge < -0.3 is 4.74 Å². The number of pyridine rings is 2. The van der Waals surface area contributed by atoms with Gasteiger partial charge in [-0.15, -0.1) is 0 Å². The van der Waals surface area contributed by atoms with Gasteiger partial charge in [0.05, 0.1) is 23.2 Å². The predicted octanol–water partition coefficient (Wildman–Crippen LogP) is 2.97. The highest BCUT2D eigenvalue weighted by atomic mass is 35.5. The lowest BCUT2D eigenvalue weighted by molar-refractivity contribution is 0.360. The second-order valence-corrected chi connectivity index (χ2v) is 5.33. The molecule has 0 spiro atoms. The molecule has 4 rings (SSSR count). The fourth-order valence-electron chi connectivity index (χ4n) is 2.71. The molecule has 0 N–H and O–H groups in total. The number of hydrogen-bond donors (Lipinski definition) is 0. The molecule has 0 bridgehead atoms. The molecule has 0 radical (unpaired) electrons. The van der Waals surface area contributed by atoms with Crippen LogP contribution in [0.4, 0.5) is 0 Å². The monoisotopic (exact) mass is 298 g/mol. The van der Waals surface area contributed by atoms with Crippen molar-refractivity contribution in [3.8, 4) is 11.4 Å². The SMILES string of the molecule is O=c1c2c(c3cccnc3n1-c1ccc(Cl)cc1)OCC2. The molecule has 21 heavy (non-hydrogen) atoms. The van der Waals surface area contributed by atoms with Crippen molar-refractivity contribution in [1.82, 2.24) is 9.55 Å². The Morgan fingerprint density at radius 1 is 1.19 bits per heavy atom. The normalized spacial score (nSPS) is 13.2. The highest BCUT2D eigenvalue weighted by molar-refractivity contribution is 6.30. The average Bonchev–Trinajstić information content (AvgIpc) is 2.99. The van der Waals surface area contributed by atoms with Crippen LogP contribution in [0.5, 0.6) is 5.75 Å². The van der Waals surface area contributed by atoms with Crippen molar-refractivity contribution in [1.29, 1.82) is 0 Å². The minimum absolute atomic E-state index is 0.0731. The van der Waals surface area contributed by atoms with E-state index in [4.69, 9.17) is 16.3 Å². The first-order chi connectivity index (χ1) is 10.3. The summed E-state index contributed by atoms with van der Waals surface area (Å²) in [6.45, 7) is 0.541. The highest BCUT2D eigenvalue weighted by Gasteiger charge is 2.23. The van der Waals surface area contributed by atoms with E-state index in [1.54, 1.807) is 22.9 Å². The van der Waals surface area contributed by atoms with Gasteiger partial charge in [0.2, 0.25) is 0 Å². The zero-order valence-electron chi connectivity index (χ0n) is 11.0. The van der Waals surface area contributed by atoms with Gasteiger partial charge in [-0.05, 0) is 36.4 Å². The number of hydrogen-bond acceptors (Lipinski definition) is 3. The van der Waals surface area contributed by atoms with Gasteiger partial charge in [-0.2, -0.15) is 0 Å². The van der Waals surface area contributed by atoms with Crippen molar-refractivity contribution in [3.05, 3.63) is 63.5 Å². The quantitative estimate of drug-likeness (QED) is 0.694. The molecule has 0 fully saturated rings. The van der Waals surface area contributed by atoms with Crippen LogP contribution in [0.2, 0.25) is 5.02 Å². The Bertz CT molecular complexity index is 901. The smallest absolute Gasteiger partial charge is 0.263 e. The Morgan fingerprint density at radius 2 is 2.00 bits per heavy atom. The Labute approximate surface area is 125 Å². The first-order valence-corrected chi connectivity index (χ1v) is 7.05. The van der Waals surface area contributed by atoms with Gasteiger partial charge in [-0.25, -0.2) is 4.98 Å². The van der Waals surface area contributed by atoms with Crippen LogP contribution in [0.3, 0.4) is 0 Å². The van der Waals surface area contributed by atoms with Crippen LogP contribution < -0.4 is 10.3 Å². The van der Waals surface area contributed by atoms with E-state index in [0.717, 1.165) is 11.1 Å². The number of fused-ring (bicyclic) bond motifs is 3. The summed E-state index contributed by atoms with van der Waals surface area (Å²) < 4.78 is 7.25. The molecule has 0 aliphatic carbocycles. The van der Waals surface area contributed by atoms with Crippen LogP contribution in [0.25, 0.3) is 16.7 Å². The zero-order valence-corrected chi connectivity index (χ0v) is 11.8. The summed E-state index contributed by atoms with van der Waals surface area (Å²) in [6, 6.07) is 10.9. The minimum Gasteiger partial charge on any atom is -0.492 e. The molecule has 1 aliphatic rings. The van der Waals surface area contributed by atoms with Crippen molar-refractivity contribution in [2.45, 2.75) is 6.42 Å². The highest BCUT2D eigenvalue weighted by Crippen LogP contribution is 2.31. The summed E-state index contributed by atoms with van der Waals surface area (Å²) in [6.07, 6.45) is 2.31. The number of halogens is 1. The van der Waals surface area contributed by atoms with E-state index in [1.165, 1.54) is 0 Å². The molecule has 3 heterocycles. The molecule has 1 aliphatic heterocycles. The van der Waals surface area contributed by atoms with Crippen LogP contribution in [-0.2, 0) is 6.42 Å². The first-order valence-electron chi connectivity index (χ1n) is 6.67. The molecule has 0 unspecified atom stereocenters. The third kappa shape index (κ3) is 1.83. The molecular formula is C16H11ClN2O2. The van der Waals surface area contributed by atoms with Crippen LogP contribution in [-0.4, -0.2) is 16.2 Å². The van der Waals surface area contributed by atoms with Gasteiger partial charge in [0.25, 0.3) is 5.56 Å². The van der Waals surface area contributed by atoms with Crippen molar-refractivity contribution in [2.24, 2.45) is 0 Å². The summed E-state index contributed by atoms with van der Waals surface area (Å²) in [4.78, 5) is 17.1. The number of benzene rings is 1. The number of nitrogens with zero attached hydrogens (tertiary/aromatic N) is 2. The van der Waals surface area contributed by atoms with Crippen molar-refractivity contribution < 1.29 is 4.74 Å². The molecule has 0 saturated carbocycles. The number of ether oxygens (including phenoxy) is 1. The third-order valence-electron chi connectivity index (χ3n) is 3.66. The summed E-state index contributed by atoms with van der Waals surface area (Å²) in [5.74, 6) is 0.674. The van der Waals surface area contributed by atoms with Crippen molar-refractivity contribution in [2.75, 3.05) is 6.61 Å². The molecule has 2 aromatic heterocycles. The fourth-order valence-corrected chi connectivity index (χ4v) is 2.84. The maximum absolute atomic E-state index is 12.8. The van der Waals surface area contributed by atoms with Gasteiger partial charge in [0, 0.05) is 17.6 Å².